The summed E-state index contributed by atoms with van der Waals surface area (Å²) in [6.45, 7) is 9.27. The topological polar surface area (TPSA) is 105 Å². The summed E-state index contributed by atoms with van der Waals surface area (Å²) in [6.07, 6.45) is 0. The molecule has 0 unspecified atom stereocenters. The second kappa shape index (κ2) is 9.67. The molecular weight excluding hydrogens is 408 g/mol. The van der Waals surface area contributed by atoms with E-state index in [0.29, 0.717) is 52.7 Å². The molecule has 1 N–H and O–H groups in total. The minimum Gasteiger partial charge on any atom is -0.459 e. The van der Waals surface area contributed by atoms with Gasteiger partial charge in [-0.25, -0.2) is 9.78 Å². The Labute approximate surface area is 179 Å². The number of methoxy groups -OCH3 is 1. The molecule has 1 aliphatic rings. The third-order valence-electron chi connectivity index (χ3n) is 5.11. The highest BCUT2D eigenvalue weighted by atomic mass is 32.1. The molecule has 2 aromatic rings. The van der Waals surface area contributed by atoms with Crippen molar-refractivity contribution in [3.8, 4) is 0 Å². The number of carbonyl (C=O) groups is 2. The minimum atomic E-state index is -0.473. The Balaban J connectivity index is 1.72. The number of piperazine rings is 1. The Morgan fingerprint density at radius 3 is 2.53 bits per heavy atom. The lowest BCUT2D eigenvalue weighted by Gasteiger charge is -2.35. The van der Waals surface area contributed by atoms with E-state index < -0.39 is 5.97 Å². The van der Waals surface area contributed by atoms with Crippen LogP contribution in [0.4, 0.5) is 0 Å². The maximum absolute atomic E-state index is 12.6. The fourth-order valence-electron chi connectivity index (χ4n) is 3.44. The van der Waals surface area contributed by atoms with Crippen LogP contribution < -0.4 is 5.56 Å². The fraction of sp³-hybridized carbons (Fsp3) is 0.600. The van der Waals surface area contributed by atoms with Gasteiger partial charge in [-0.2, -0.15) is 0 Å². The molecule has 0 aliphatic carbocycles. The summed E-state index contributed by atoms with van der Waals surface area (Å²) in [5.41, 5.74) is 0.326. The van der Waals surface area contributed by atoms with Crippen molar-refractivity contribution < 1.29 is 19.1 Å². The molecule has 9 nitrogen and oxygen atoms in total. The summed E-state index contributed by atoms with van der Waals surface area (Å²) in [4.78, 5) is 49.5. The number of ether oxygens (including phenoxy) is 2. The summed E-state index contributed by atoms with van der Waals surface area (Å²) in [5.74, 6) is 0.243. The Kier molecular flexibility index (Phi) is 7.22. The average molecular weight is 437 g/mol. The van der Waals surface area contributed by atoms with Gasteiger partial charge in [0, 0.05) is 39.2 Å². The van der Waals surface area contributed by atoms with Crippen molar-refractivity contribution in [1.82, 2.24) is 19.8 Å². The maximum atomic E-state index is 12.6. The molecule has 0 aromatic carbocycles. The molecule has 3 rings (SSSR count). The fourth-order valence-corrected chi connectivity index (χ4v) is 4.54. The zero-order chi connectivity index (χ0) is 21.8. The van der Waals surface area contributed by atoms with Gasteiger partial charge >= 0.3 is 5.97 Å². The highest BCUT2D eigenvalue weighted by Gasteiger charge is 2.24. The van der Waals surface area contributed by atoms with E-state index in [4.69, 9.17) is 9.47 Å². The first kappa shape index (κ1) is 22.4. The first-order chi connectivity index (χ1) is 14.3. The average Bonchev–Trinajstić information content (AvgIpc) is 3.05. The number of nitrogens with zero attached hydrogens (tertiary/aromatic N) is 3. The standard InChI is InChI=1S/C20H28N4O5S/c1-12(2)19(26)24-7-5-23(6-8-24)11-14-21-17(25)15-13(3)16(30-18(15)22-14)20(27)29-10-9-28-4/h12H,5-11H2,1-4H3,(H,21,22,25). The van der Waals surface area contributed by atoms with Crippen LogP contribution in [0.25, 0.3) is 10.2 Å². The van der Waals surface area contributed by atoms with Gasteiger partial charge in [-0.15, -0.1) is 11.3 Å². The zero-order valence-electron chi connectivity index (χ0n) is 17.8. The molecule has 2 aromatic heterocycles. The van der Waals surface area contributed by atoms with Crippen LogP contribution in [0.5, 0.6) is 0 Å². The number of rotatable bonds is 7. The van der Waals surface area contributed by atoms with Crippen molar-refractivity contribution in [2.24, 2.45) is 5.92 Å². The Morgan fingerprint density at radius 2 is 1.90 bits per heavy atom. The number of fused-ring (bicyclic) bond motifs is 1. The lowest BCUT2D eigenvalue weighted by atomic mass is 10.1. The first-order valence-electron chi connectivity index (χ1n) is 10.0. The Hall–Kier alpha value is -2.30. The number of nitrogens with one attached hydrogen (secondary N) is 1. The zero-order valence-corrected chi connectivity index (χ0v) is 18.6. The molecule has 10 heteroatoms. The van der Waals surface area contributed by atoms with Crippen LogP contribution >= 0.6 is 11.3 Å². The number of aryl methyl sites for hydroxylation is 1. The molecule has 1 saturated heterocycles. The van der Waals surface area contributed by atoms with Gasteiger partial charge in [0.2, 0.25) is 5.91 Å². The van der Waals surface area contributed by atoms with E-state index in [1.807, 2.05) is 18.7 Å². The molecule has 0 atom stereocenters. The third-order valence-corrected chi connectivity index (χ3v) is 6.27. The second-order valence-corrected chi connectivity index (χ2v) is 8.63. The predicted molar refractivity (Wildman–Crippen MR) is 114 cm³/mol. The van der Waals surface area contributed by atoms with E-state index in [0.717, 1.165) is 13.1 Å². The van der Waals surface area contributed by atoms with Gasteiger partial charge in [0.15, 0.2) is 0 Å². The second-order valence-electron chi connectivity index (χ2n) is 7.63. The largest absolute Gasteiger partial charge is 0.459 e. The summed E-state index contributed by atoms with van der Waals surface area (Å²) >= 11 is 1.17. The molecule has 0 radical (unpaired) electrons. The van der Waals surface area contributed by atoms with E-state index in [2.05, 4.69) is 14.9 Å². The number of hydrogen-bond acceptors (Lipinski definition) is 8. The molecule has 0 spiro atoms. The summed E-state index contributed by atoms with van der Waals surface area (Å²) in [7, 11) is 1.53. The van der Waals surface area contributed by atoms with Gasteiger partial charge in [0.25, 0.3) is 5.56 Å². The Bertz CT molecular complexity index is 975. The van der Waals surface area contributed by atoms with E-state index in [1.54, 1.807) is 6.92 Å². The maximum Gasteiger partial charge on any atom is 0.348 e. The van der Waals surface area contributed by atoms with Crippen molar-refractivity contribution in [3.05, 3.63) is 26.6 Å². The van der Waals surface area contributed by atoms with Gasteiger partial charge in [-0.3, -0.25) is 14.5 Å². The van der Waals surface area contributed by atoms with Gasteiger partial charge in [-0.05, 0) is 12.5 Å². The third kappa shape index (κ3) is 4.88. The highest BCUT2D eigenvalue weighted by Crippen LogP contribution is 2.27. The van der Waals surface area contributed by atoms with Crippen LogP contribution in [0.15, 0.2) is 4.79 Å². The van der Waals surface area contributed by atoms with Crippen molar-refractivity contribution >= 4 is 33.4 Å². The van der Waals surface area contributed by atoms with Crippen LogP contribution in [-0.4, -0.2) is 78.1 Å². The number of H-pyrrole nitrogens is 1. The molecule has 164 valence electrons. The summed E-state index contributed by atoms with van der Waals surface area (Å²) in [5, 5.41) is 0.426. The van der Waals surface area contributed by atoms with E-state index in [-0.39, 0.29) is 24.0 Å². The smallest absolute Gasteiger partial charge is 0.348 e. The van der Waals surface area contributed by atoms with Crippen molar-refractivity contribution in [1.29, 1.82) is 0 Å². The van der Waals surface area contributed by atoms with Crippen LogP contribution in [-0.2, 0) is 20.8 Å². The van der Waals surface area contributed by atoms with Gasteiger partial charge in [-0.1, -0.05) is 13.8 Å². The van der Waals surface area contributed by atoms with Gasteiger partial charge in [0.1, 0.15) is 22.1 Å². The van der Waals surface area contributed by atoms with Gasteiger partial charge in [0.05, 0.1) is 18.5 Å². The number of aromatic nitrogens is 2. The van der Waals surface area contributed by atoms with Crippen LogP contribution in [0, 0.1) is 12.8 Å². The molecule has 1 aliphatic heterocycles. The molecule has 1 amide bonds. The quantitative estimate of drug-likeness (QED) is 0.517. The van der Waals surface area contributed by atoms with Crippen molar-refractivity contribution in [3.63, 3.8) is 0 Å². The first-order valence-corrected chi connectivity index (χ1v) is 10.8. The van der Waals surface area contributed by atoms with E-state index in [1.165, 1.54) is 18.4 Å². The molecule has 0 bridgehead atoms. The van der Waals surface area contributed by atoms with Crippen LogP contribution in [0.2, 0.25) is 0 Å². The lowest BCUT2D eigenvalue weighted by Crippen LogP contribution is -2.49. The highest BCUT2D eigenvalue weighted by molar-refractivity contribution is 7.20. The van der Waals surface area contributed by atoms with Gasteiger partial charge < -0.3 is 19.4 Å². The van der Waals surface area contributed by atoms with Crippen molar-refractivity contribution in [2.75, 3.05) is 46.5 Å². The van der Waals surface area contributed by atoms with Crippen LogP contribution in [0.3, 0.4) is 0 Å². The monoisotopic (exact) mass is 436 g/mol. The number of esters is 1. The molecule has 0 saturated carbocycles. The molecule has 30 heavy (non-hydrogen) atoms. The Morgan fingerprint density at radius 1 is 1.20 bits per heavy atom. The van der Waals surface area contributed by atoms with E-state index >= 15 is 0 Å². The minimum absolute atomic E-state index is 0.00516. The number of amides is 1. The number of hydrogen-bond donors (Lipinski definition) is 1. The number of aromatic amines is 1. The number of carbonyl (C=O) groups excluding carboxylic acids is 2. The molecule has 1 fully saturated rings. The predicted octanol–water partition coefficient (Wildman–Crippen LogP) is 1.40. The van der Waals surface area contributed by atoms with E-state index in [9.17, 15) is 14.4 Å². The van der Waals surface area contributed by atoms with Crippen LogP contribution in [0.1, 0.15) is 34.9 Å². The SMILES string of the molecule is COCCOC(=O)c1sc2nc(CN3CCN(C(=O)C(C)C)CC3)[nH]c(=O)c2c1C. The summed E-state index contributed by atoms with van der Waals surface area (Å²) in [6, 6.07) is 0. The van der Waals surface area contributed by atoms with Crippen molar-refractivity contribution in [2.45, 2.75) is 27.3 Å². The normalized spacial score (nSPS) is 15.2. The molecule has 3 heterocycles. The lowest BCUT2D eigenvalue weighted by molar-refractivity contribution is -0.136. The number of thiophene rings is 1. The molecular formula is C20H28N4O5S. The summed E-state index contributed by atoms with van der Waals surface area (Å²) < 4.78 is 10.1.